The summed E-state index contributed by atoms with van der Waals surface area (Å²) >= 11 is 2.15. The van der Waals surface area contributed by atoms with Crippen molar-refractivity contribution in [3.8, 4) is 0 Å². The Morgan fingerprint density at radius 2 is 1.76 bits per heavy atom. The topological polar surface area (TPSA) is 34.9 Å². The minimum Gasteiger partial charge on any atom is -0.296 e. The van der Waals surface area contributed by atoms with E-state index in [2.05, 4.69) is 27.6 Å². The van der Waals surface area contributed by atoms with Crippen molar-refractivity contribution in [1.82, 2.24) is 9.55 Å². The molecule has 2 rings (SSSR count). The minimum atomic E-state index is 0.155. The summed E-state index contributed by atoms with van der Waals surface area (Å²) in [6, 6.07) is 0. The summed E-state index contributed by atoms with van der Waals surface area (Å²) in [5.74, 6) is 0.972. The first-order chi connectivity index (χ1) is 8.20. The van der Waals surface area contributed by atoms with Gasteiger partial charge in [-0.25, -0.2) is 4.98 Å². The van der Waals surface area contributed by atoms with Crippen LogP contribution in [0.1, 0.15) is 43.8 Å². The zero-order chi connectivity index (χ0) is 13.4. The largest absolute Gasteiger partial charge is 0.296 e. The van der Waals surface area contributed by atoms with Crippen LogP contribution < -0.4 is 5.56 Å². The molecule has 0 fully saturated rings. The van der Waals surface area contributed by atoms with E-state index in [4.69, 9.17) is 0 Å². The van der Waals surface area contributed by atoms with Gasteiger partial charge in [0.15, 0.2) is 0 Å². The van der Waals surface area contributed by atoms with Gasteiger partial charge >= 0.3 is 0 Å². The van der Waals surface area contributed by atoms with Gasteiger partial charge in [-0.2, -0.15) is 0 Å². The van der Waals surface area contributed by atoms with Crippen molar-refractivity contribution in [2.75, 3.05) is 4.93 Å². The lowest BCUT2D eigenvalue weighted by Crippen LogP contribution is -2.30. The van der Waals surface area contributed by atoms with E-state index >= 15 is 0 Å². The molecule has 0 aliphatic carbocycles. The molecule has 3 nitrogen and oxygen atoms in total. The standard InChI is InChI=1S/C10H14N2O.C2H6.CH3I/c1-7-8(2)11-9-5-3-4-6-12(9)10(7)13;2*1-2/h3-6H2,1-2H3;1-2H3;1H3. The smallest absolute Gasteiger partial charge is 0.256 e. The summed E-state index contributed by atoms with van der Waals surface area (Å²) in [5.41, 5.74) is 1.84. The number of alkyl halides is 1. The van der Waals surface area contributed by atoms with E-state index in [1.165, 1.54) is 0 Å². The van der Waals surface area contributed by atoms with Crippen LogP contribution in [0, 0.1) is 13.8 Å². The summed E-state index contributed by atoms with van der Waals surface area (Å²) in [7, 11) is 0. The molecule has 0 saturated carbocycles. The molecule has 2 heterocycles. The van der Waals surface area contributed by atoms with Crippen molar-refractivity contribution in [1.29, 1.82) is 0 Å². The second-order valence-corrected chi connectivity index (χ2v) is 3.65. The lowest BCUT2D eigenvalue weighted by Gasteiger charge is -2.18. The van der Waals surface area contributed by atoms with Gasteiger partial charge in [0.1, 0.15) is 5.82 Å². The molecule has 1 aromatic rings. The highest BCUT2D eigenvalue weighted by Crippen LogP contribution is 2.11. The molecule has 0 unspecified atom stereocenters. The van der Waals surface area contributed by atoms with Gasteiger partial charge in [-0.15, -0.1) is 0 Å². The molecular formula is C13H23IN2O. The Hall–Kier alpha value is -0.390. The van der Waals surface area contributed by atoms with Gasteiger partial charge in [0.25, 0.3) is 5.56 Å². The lowest BCUT2D eigenvalue weighted by molar-refractivity contribution is 0.491. The SMILES string of the molecule is CC.CI.Cc1nc2n(c(=O)c1C)CCCC2. The third-order valence-electron chi connectivity index (χ3n) is 2.75. The fraction of sp³-hybridized carbons (Fsp3) is 0.692. The van der Waals surface area contributed by atoms with Gasteiger partial charge < -0.3 is 0 Å². The number of rotatable bonds is 0. The molecule has 0 bridgehead atoms. The van der Waals surface area contributed by atoms with Crippen LogP contribution in [-0.2, 0) is 13.0 Å². The monoisotopic (exact) mass is 350 g/mol. The lowest BCUT2D eigenvalue weighted by atomic mass is 10.1. The second-order valence-electron chi connectivity index (χ2n) is 3.65. The molecule has 17 heavy (non-hydrogen) atoms. The Kier molecular flexibility index (Phi) is 8.47. The fourth-order valence-electron chi connectivity index (χ4n) is 1.79. The average molecular weight is 350 g/mol. The zero-order valence-corrected chi connectivity index (χ0v) is 13.7. The third-order valence-corrected chi connectivity index (χ3v) is 2.75. The molecule has 0 radical (unpaired) electrons. The molecule has 98 valence electrons. The maximum Gasteiger partial charge on any atom is 0.256 e. The summed E-state index contributed by atoms with van der Waals surface area (Å²) in [6.45, 7) is 8.61. The molecule has 0 saturated heterocycles. The van der Waals surface area contributed by atoms with Gasteiger partial charge in [-0.3, -0.25) is 9.36 Å². The van der Waals surface area contributed by atoms with Gasteiger partial charge in [0.05, 0.1) is 0 Å². The van der Waals surface area contributed by atoms with Crippen molar-refractivity contribution in [2.24, 2.45) is 0 Å². The van der Waals surface area contributed by atoms with E-state index in [0.29, 0.717) is 0 Å². The van der Waals surface area contributed by atoms with Crippen LogP contribution in [0.15, 0.2) is 4.79 Å². The van der Waals surface area contributed by atoms with Crippen LogP contribution in [-0.4, -0.2) is 14.5 Å². The van der Waals surface area contributed by atoms with E-state index < -0.39 is 0 Å². The molecule has 0 atom stereocenters. The predicted molar refractivity (Wildman–Crippen MR) is 82.2 cm³/mol. The van der Waals surface area contributed by atoms with Crippen LogP contribution in [0.3, 0.4) is 0 Å². The van der Waals surface area contributed by atoms with Crippen molar-refractivity contribution >= 4 is 22.6 Å². The Bertz CT molecular complexity index is 399. The molecule has 0 spiro atoms. The van der Waals surface area contributed by atoms with E-state index in [1.54, 1.807) is 0 Å². The molecule has 1 aliphatic heterocycles. The number of halogens is 1. The molecule has 0 amide bonds. The quantitative estimate of drug-likeness (QED) is 0.532. The maximum atomic E-state index is 11.8. The number of hydrogen-bond acceptors (Lipinski definition) is 2. The fourth-order valence-corrected chi connectivity index (χ4v) is 1.79. The normalized spacial score (nSPS) is 12.6. The average Bonchev–Trinajstić information content (AvgIpc) is 2.41. The van der Waals surface area contributed by atoms with E-state index in [-0.39, 0.29) is 5.56 Å². The Morgan fingerprint density at radius 1 is 1.18 bits per heavy atom. The number of hydrogen-bond donors (Lipinski definition) is 0. The molecule has 1 aliphatic rings. The first-order valence-electron chi connectivity index (χ1n) is 6.15. The number of aromatic nitrogens is 2. The van der Waals surface area contributed by atoms with Gasteiger partial charge in [0.2, 0.25) is 0 Å². The Balaban J connectivity index is 0.000000581. The Morgan fingerprint density at radius 3 is 2.35 bits per heavy atom. The van der Waals surface area contributed by atoms with Crippen molar-refractivity contribution in [3.05, 3.63) is 27.4 Å². The second kappa shape index (κ2) is 8.66. The molecule has 4 heteroatoms. The van der Waals surface area contributed by atoms with Gasteiger partial charge in [0, 0.05) is 24.2 Å². The van der Waals surface area contributed by atoms with Crippen LogP contribution in [0.5, 0.6) is 0 Å². The summed E-state index contributed by atoms with van der Waals surface area (Å²) in [5, 5.41) is 0. The van der Waals surface area contributed by atoms with Crippen LogP contribution in [0.25, 0.3) is 0 Å². The van der Waals surface area contributed by atoms with Crippen molar-refractivity contribution in [3.63, 3.8) is 0 Å². The highest BCUT2D eigenvalue weighted by atomic mass is 127. The summed E-state index contributed by atoms with van der Waals surface area (Å²) < 4.78 is 1.83. The zero-order valence-electron chi connectivity index (χ0n) is 11.5. The Labute approximate surface area is 118 Å². The number of aryl methyl sites for hydroxylation is 2. The predicted octanol–water partition coefficient (Wildman–Crippen LogP) is 3.27. The van der Waals surface area contributed by atoms with Crippen molar-refractivity contribution < 1.29 is 0 Å². The van der Waals surface area contributed by atoms with Crippen LogP contribution in [0.2, 0.25) is 0 Å². The van der Waals surface area contributed by atoms with E-state index in [9.17, 15) is 4.79 Å². The van der Waals surface area contributed by atoms with Gasteiger partial charge in [-0.05, 0) is 31.6 Å². The molecule has 1 aromatic heterocycles. The summed E-state index contributed by atoms with van der Waals surface area (Å²) in [4.78, 5) is 18.2. The minimum absolute atomic E-state index is 0.155. The van der Waals surface area contributed by atoms with Crippen LogP contribution >= 0.6 is 22.6 Å². The number of nitrogens with zero attached hydrogens (tertiary/aromatic N) is 2. The molecule has 0 aromatic carbocycles. The molecular weight excluding hydrogens is 327 g/mol. The highest BCUT2D eigenvalue weighted by molar-refractivity contribution is 14.1. The highest BCUT2D eigenvalue weighted by Gasteiger charge is 2.13. The van der Waals surface area contributed by atoms with E-state index in [0.717, 1.165) is 42.9 Å². The third kappa shape index (κ3) is 4.08. The maximum absolute atomic E-state index is 11.8. The molecule has 0 N–H and O–H groups in total. The first-order valence-corrected chi connectivity index (χ1v) is 8.30. The van der Waals surface area contributed by atoms with E-state index in [1.807, 2.05) is 37.2 Å². The number of fused-ring (bicyclic) bond motifs is 1. The first kappa shape index (κ1) is 16.6. The van der Waals surface area contributed by atoms with Crippen LogP contribution in [0.4, 0.5) is 0 Å². The van der Waals surface area contributed by atoms with Crippen molar-refractivity contribution in [2.45, 2.75) is 53.5 Å². The van der Waals surface area contributed by atoms with Gasteiger partial charge in [-0.1, -0.05) is 36.4 Å². The summed E-state index contributed by atoms with van der Waals surface area (Å²) in [6.07, 6.45) is 3.22.